The zero-order chi connectivity index (χ0) is 24.2. The van der Waals surface area contributed by atoms with Gasteiger partial charge < -0.3 is 5.11 Å². The van der Waals surface area contributed by atoms with Crippen LogP contribution in [-0.4, -0.2) is 37.2 Å². The summed E-state index contributed by atoms with van der Waals surface area (Å²) in [7, 11) is 0.762. The van der Waals surface area contributed by atoms with Crippen LogP contribution in [0.2, 0.25) is 0 Å². The Balaban J connectivity index is 2.23. The van der Waals surface area contributed by atoms with E-state index in [0.717, 1.165) is 7.05 Å². The third kappa shape index (κ3) is 3.80. The van der Waals surface area contributed by atoms with Crippen molar-refractivity contribution < 1.29 is 45.0 Å². The van der Waals surface area contributed by atoms with Gasteiger partial charge in [-0.1, -0.05) is 23.5 Å². The van der Waals surface area contributed by atoms with E-state index in [1.165, 1.54) is 25.1 Å². The third-order valence-corrected chi connectivity index (χ3v) is 5.37. The highest BCUT2D eigenvalue weighted by Gasteiger charge is 2.64. The first-order valence-electron chi connectivity index (χ1n) is 8.33. The molecule has 32 heavy (non-hydrogen) atoms. The molecular weight excluding hydrogens is 476 g/mol. The van der Waals surface area contributed by atoms with Gasteiger partial charge in [0.25, 0.3) is 0 Å². The first kappa shape index (κ1) is 23.6. The SMILES string of the molecule is Cc1c(C(=O)O)cccc1-c1nnc(-c2c(C(F)(F)F)c(C(F)(F)C(F)(F)F)nn2C)s1. The van der Waals surface area contributed by atoms with Crippen LogP contribution >= 0.6 is 11.3 Å². The molecule has 0 aliphatic rings. The van der Waals surface area contributed by atoms with Gasteiger partial charge >= 0.3 is 24.2 Å². The molecule has 2 aromatic heterocycles. The summed E-state index contributed by atoms with van der Waals surface area (Å²) >= 11 is 0.447. The molecule has 0 saturated heterocycles. The fraction of sp³-hybridized carbons (Fsp3) is 0.294. The van der Waals surface area contributed by atoms with Crippen LogP contribution in [0.1, 0.15) is 27.2 Å². The normalized spacial score (nSPS) is 12.9. The zero-order valence-electron chi connectivity index (χ0n) is 15.8. The number of hydrogen-bond acceptors (Lipinski definition) is 5. The Labute approximate surface area is 177 Å². The molecule has 1 N–H and O–H groups in total. The topological polar surface area (TPSA) is 80.9 Å². The number of halogens is 8. The Morgan fingerprint density at radius 1 is 1.03 bits per heavy atom. The maximum Gasteiger partial charge on any atom is 0.459 e. The molecular formula is C17H10F8N4O2S. The van der Waals surface area contributed by atoms with Crippen LogP contribution in [0.15, 0.2) is 18.2 Å². The maximum absolute atomic E-state index is 13.8. The summed E-state index contributed by atoms with van der Waals surface area (Å²) in [6, 6.07) is 4.03. The van der Waals surface area contributed by atoms with Crippen molar-refractivity contribution in [2.45, 2.75) is 25.2 Å². The van der Waals surface area contributed by atoms with Gasteiger partial charge in [0, 0.05) is 12.6 Å². The van der Waals surface area contributed by atoms with Crippen LogP contribution in [-0.2, 0) is 19.1 Å². The number of carboxylic acid groups (broad SMARTS) is 1. The van der Waals surface area contributed by atoms with E-state index >= 15 is 0 Å². The van der Waals surface area contributed by atoms with E-state index in [1.54, 1.807) is 0 Å². The van der Waals surface area contributed by atoms with E-state index in [0.29, 0.717) is 11.3 Å². The molecule has 172 valence electrons. The van der Waals surface area contributed by atoms with Crippen LogP contribution in [0.4, 0.5) is 35.1 Å². The van der Waals surface area contributed by atoms with Gasteiger partial charge in [-0.2, -0.15) is 40.2 Å². The number of hydrogen-bond donors (Lipinski definition) is 1. The number of rotatable bonds is 4. The van der Waals surface area contributed by atoms with Gasteiger partial charge in [0.05, 0.1) is 5.56 Å². The van der Waals surface area contributed by atoms with Crippen LogP contribution in [0.3, 0.4) is 0 Å². The number of carbonyl (C=O) groups is 1. The fourth-order valence-corrected chi connectivity index (χ4v) is 3.93. The van der Waals surface area contributed by atoms with Crippen LogP contribution < -0.4 is 0 Å². The molecule has 0 radical (unpaired) electrons. The smallest absolute Gasteiger partial charge is 0.459 e. The van der Waals surface area contributed by atoms with Crippen molar-refractivity contribution in [1.82, 2.24) is 20.0 Å². The summed E-state index contributed by atoms with van der Waals surface area (Å²) in [5.74, 6) is -7.16. The summed E-state index contributed by atoms with van der Waals surface area (Å²) in [5, 5.41) is 18.5. The number of aryl methyl sites for hydroxylation is 1. The van der Waals surface area contributed by atoms with Gasteiger partial charge in [-0.05, 0) is 18.6 Å². The summed E-state index contributed by atoms with van der Waals surface area (Å²) in [6.45, 7) is 1.41. The van der Waals surface area contributed by atoms with E-state index in [2.05, 4.69) is 15.3 Å². The molecule has 0 aliphatic heterocycles. The predicted molar refractivity (Wildman–Crippen MR) is 94.2 cm³/mol. The van der Waals surface area contributed by atoms with Crippen molar-refractivity contribution >= 4 is 17.3 Å². The van der Waals surface area contributed by atoms with Crippen molar-refractivity contribution in [2.75, 3.05) is 0 Å². The van der Waals surface area contributed by atoms with Crippen LogP contribution in [0, 0.1) is 6.92 Å². The summed E-state index contributed by atoms with van der Waals surface area (Å²) in [6.07, 6.45) is -11.9. The molecule has 0 bridgehead atoms. The van der Waals surface area contributed by atoms with E-state index in [4.69, 9.17) is 0 Å². The predicted octanol–water partition coefficient (Wildman–Crippen LogP) is 5.29. The average molecular weight is 486 g/mol. The Morgan fingerprint density at radius 2 is 1.62 bits per heavy atom. The Kier molecular flexibility index (Phi) is 5.52. The highest BCUT2D eigenvalue weighted by atomic mass is 32.1. The van der Waals surface area contributed by atoms with E-state index in [9.17, 15) is 45.0 Å². The minimum atomic E-state index is -6.32. The standard InChI is InChI=1S/C17H10F8N4O2S/c1-6-7(4-3-5-8(6)14(30)31)12-26-27-13(32-12)10-9(16(20,21)22)11(28-29(10)2)15(18,19)17(23,24)25/h3-5H,1-2H3,(H,30,31). The fourth-order valence-electron chi connectivity index (χ4n) is 2.92. The van der Waals surface area contributed by atoms with Crippen LogP contribution in [0.5, 0.6) is 0 Å². The molecule has 0 amide bonds. The molecule has 2 heterocycles. The summed E-state index contributed by atoms with van der Waals surface area (Å²) in [4.78, 5) is 11.3. The molecule has 0 aliphatic carbocycles. The Morgan fingerprint density at radius 3 is 2.16 bits per heavy atom. The van der Waals surface area contributed by atoms with Gasteiger partial charge in [0.15, 0.2) is 10.7 Å². The van der Waals surface area contributed by atoms with Crippen molar-refractivity contribution in [3.8, 4) is 21.3 Å². The quantitative estimate of drug-likeness (QED) is 0.508. The van der Waals surface area contributed by atoms with Crippen molar-refractivity contribution in [1.29, 1.82) is 0 Å². The Hall–Kier alpha value is -3.10. The highest BCUT2D eigenvalue weighted by Crippen LogP contribution is 2.50. The largest absolute Gasteiger partial charge is 0.478 e. The van der Waals surface area contributed by atoms with Gasteiger partial charge in [0.2, 0.25) is 0 Å². The van der Waals surface area contributed by atoms with Crippen molar-refractivity contribution in [3.63, 3.8) is 0 Å². The lowest BCUT2D eigenvalue weighted by Gasteiger charge is -2.19. The van der Waals surface area contributed by atoms with Gasteiger partial charge in [-0.3, -0.25) is 4.68 Å². The molecule has 6 nitrogen and oxygen atoms in total. The number of aromatic nitrogens is 4. The highest BCUT2D eigenvalue weighted by molar-refractivity contribution is 7.17. The lowest BCUT2D eigenvalue weighted by atomic mass is 10.0. The molecule has 0 spiro atoms. The molecule has 1 aromatic carbocycles. The second kappa shape index (κ2) is 7.50. The Bertz CT molecular complexity index is 1200. The molecule has 3 rings (SSSR count). The molecule has 3 aromatic rings. The first-order chi connectivity index (χ1) is 14.6. The summed E-state index contributed by atoms with van der Waals surface area (Å²) in [5.41, 5.74) is -5.66. The number of benzene rings is 1. The lowest BCUT2D eigenvalue weighted by molar-refractivity contribution is -0.292. The number of nitrogens with zero attached hydrogens (tertiary/aromatic N) is 4. The third-order valence-electron chi connectivity index (χ3n) is 4.41. The number of carboxylic acids is 1. The van der Waals surface area contributed by atoms with Gasteiger partial charge in [-0.15, -0.1) is 10.2 Å². The second-order valence-corrected chi connectivity index (χ2v) is 7.44. The monoisotopic (exact) mass is 486 g/mol. The first-order valence-corrected chi connectivity index (χ1v) is 9.15. The molecule has 15 heteroatoms. The maximum atomic E-state index is 13.8. The second-order valence-electron chi connectivity index (χ2n) is 6.46. The molecule has 0 unspecified atom stereocenters. The van der Waals surface area contributed by atoms with Crippen molar-refractivity contribution in [2.24, 2.45) is 7.05 Å². The van der Waals surface area contributed by atoms with Crippen LogP contribution in [0.25, 0.3) is 21.3 Å². The summed E-state index contributed by atoms with van der Waals surface area (Å²) < 4.78 is 107. The minimum Gasteiger partial charge on any atom is -0.478 e. The van der Waals surface area contributed by atoms with Gasteiger partial charge in [0.1, 0.15) is 16.3 Å². The van der Waals surface area contributed by atoms with Gasteiger partial charge in [-0.25, -0.2) is 4.79 Å². The lowest BCUT2D eigenvalue weighted by Crippen LogP contribution is -2.36. The van der Waals surface area contributed by atoms with E-state index < -0.39 is 46.2 Å². The molecule has 0 saturated carbocycles. The average Bonchev–Trinajstić information content (AvgIpc) is 3.24. The van der Waals surface area contributed by atoms with Crippen molar-refractivity contribution in [3.05, 3.63) is 40.6 Å². The molecule has 0 fully saturated rings. The number of alkyl halides is 8. The van der Waals surface area contributed by atoms with E-state index in [-0.39, 0.29) is 26.4 Å². The zero-order valence-corrected chi connectivity index (χ0v) is 16.6. The minimum absolute atomic E-state index is 0.0703. The van der Waals surface area contributed by atoms with E-state index in [1.807, 2.05) is 0 Å². The molecule has 0 atom stereocenters. The number of aromatic carboxylic acids is 1.